The smallest absolute Gasteiger partial charge is 0.257 e. The Kier molecular flexibility index (Phi) is 4.22. The molecule has 0 rings (SSSR count). The maximum absolute atomic E-state index is 10.7. The Morgan fingerprint density at radius 1 is 1.78 bits per heavy atom. The van der Waals surface area contributed by atoms with E-state index in [0.717, 1.165) is 0 Å². The van der Waals surface area contributed by atoms with Crippen LogP contribution >= 0.6 is 12.6 Å². The average Bonchev–Trinajstić information content (AvgIpc) is 1.87. The Bertz CT molecular complexity index is 131. The fraction of sp³-hybridized carbons (Fsp3) is 0.500. The molecule has 0 atom stereocenters. The molecule has 1 amide bonds. The minimum atomic E-state index is -0.108. The lowest BCUT2D eigenvalue weighted by molar-refractivity contribution is -0.116. The second-order valence-corrected chi connectivity index (χ2v) is 2.02. The van der Waals surface area contributed by atoms with Crippen LogP contribution in [0.3, 0.4) is 0 Å². The molecule has 0 aliphatic rings. The molecule has 0 bridgehead atoms. The van der Waals surface area contributed by atoms with E-state index in [1.54, 1.807) is 13.0 Å². The lowest BCUT2D eigenvalue weighted by Gasteiger charge is -1.97. The standard InChI is InChI=1S/C6H11NOS/c1-3-5(9)6(8)7-4-2/h3,9H,4H2,1-2H3,(H,7,8). The molecule has 2 nitrogen and oxygen atoms in total. The first-order chi connectivity index (χ1) is 4.22. The van der Waals surface area contributed by atoms with Crippen molar-refractivity contribution in [3.05, 3.63) is 11.0 Å². The molecule has 0 radical (unpaired) electrons. The number of carbonyl (C=O) groups excluding carboxylic acids is 1. The van der Waals surface area contributed by atoms with Crippen molar-refractivity contribution in [1.82, 2.24) is 5.32 Å². The SMILES string of the molecule is CC=C(S)C(=O)NCC. The number of allylic oxidation sites excluding steroid dienone is 1. The zero-order valence-electron chi connectivity index (χ0n) is 5.64. The molecular formula is C6H11NOS. The summed E-state index contributed by atoms with van der Waals surface area (Å²) in [6, 6.07) is 0. The van der Waals surface area contributed by atoms with Gasteiger partial charge in [-0.25, -0.2) is 0 Å². The highest BCUT2D eigenvalue weighted by Crippen LogP contribution is 1.97. The quantitative estimate of drug-likeness (QED) is 0.440. The molecular weight excluding hydrogens is 134 g/mol. The highest BCUT2D eigenvalue weighted by molar-refractivity contribution is 7.85. The van der Waals surface area contributed by atoms with Crippen molar-refractivity contribution in [3.63, 3.8) is 0 Å². The zero-order valence-corrected chi connectivity index (χ0v) is 6.53. The Hall–Kier alpha value is -0.440. The summed E-state index contributed by atoms with van der Waals surface area (Å²) in [4.78, 5) is 11.2. The second-order valence-electron chi connectivity index (χ2n) is 1.53. The minimum absolute atomic E-state index is 0.108. The van der Waals surface area contributed by atoms with Gasteiger partial charge >= 0.3 is 0 Å². The maximum Gasteiger partial charge on any atom is 0.257 e. The van der Waals surface area contributed by atoms with Gasteiger partial charge in [0.15, 0.2) is 0 Å². The van der Waals surface area contributed by atoms with Gasteiger partial charge in [-0.1, -0.05) is 6.08 Å². The Morgan fingerprint density at radius 2 is 2.33 bits per heavy atom. The van der Waals surface area contributed by atoms with E-state index >= 15 is 0 Å². The minimum Gasteiger partial charge on any atom is -0.352 e. The number of hydrogen-bond donors (Lipinski definition) is 2. The molecule has 0 aromatic heterocycles. The lowest BCUT2D eigenvalue weighted by Crippen LogP contribution is -2.22. The summed E-state index contributed by atoms with van der Waals surface area (Å²) in [5.41, 5.74) is 0. The summed E-state index contributed by atoms with van der Waals surface area (Å²) in [5.74, 6) is -0.108. The molecule has 0 unspecified atom stereocenters. The van der Waals surface area contributed by atoms with Crippen LogP contribution in [0.15, 0.2) is 11.0 Å². The second kappa shape index (κ2) is 4.44. The molecule has 0 aliphatic carbocycles. The van der Waals surface area contributed by atoms with Gasteiger partial charge in [-0.15, -0.1) is 12.6 Å². The van der Waals surface area contributed by atoms with Crippen LogP contribution < -0.4 is 5.32 Å². The average molecular weight is 145 g/mol. The van der Waals surface area contributed by atoms with E-state index in [4.69, 9.17) is 0 Å². The third kappa shape index (κ3) is 3.19. The number of thiol groups is 1. The van der Waals surface area contributed by atoms with Crippen LogP contribution in [0, 0.1) is 0 Å². The van der Waals surface area contributed by atoms with Crippen LogP contribution in [0.1, 0.15) is 13.8 Å². The van der Waals surface area contributed by atoms with Gasteiger partial charge < -0.3 is 5.32 Å². The first kappa shape index (κ1) is 8.56. The van der Waals surface area contributed by atoms with Crippen molar-refractivity contribution in [2.24, 2.45) is 0 Å². The first-order valence-electron chi connectivity index (χ1n) is 2.85. The monoisotopic (exact) mass is 145 g/mol. The van der Waals surface area contributed by atoms with Crippen molar-refractivity contribution in [2.45, 2.75) is 13.8 Å². The molecule has 0 saturated carbocycles. The molecule has 1 N–H and O–H groups in total. The Morgan fingerprint density at radius 3 is 2.67 bits per heavy atom. The van der Waals surface area contributed by atoms with E-state index < -0.39 is 0 Å². The van der Waals surface area contributed by atoms with Crippen LogP contribution in [0.5, 0.6) is 0 Å². The van der Waals surface area contributed by atoms with E-state index in [-0.39, 0.29) is 5.91 Å². The highest BCUT2D eigenvalue weighted by Gasteiger charge is 1.98. The zero-order chi connectivity index (χ0) is 7.28. The van der Waals surface area contributed by atoms with E-state index in [9.17, 15) is 4.79 Å². The summed E-state index contributed by atoms with van der Waals surface area (Å²) in [6.45, 7) is 4.29. The summed E-state index contributed by atoms with van der Waals surface area (Å²) < 4.78 is 0. The van der Waals surface area contributed by atoms with Crippen molar-refractivity contribution in [1.29, 1.82) is 0 Å². The number of amides is 1. The molecule has 0 aromatic carbocycles. The largest absolute Gasteiger partial charge is 0.352 e. The van der Waals surface area contributed by atoms with E-state index in [1.165, 1.54) is 0 Å². The molecule has 0 saturated heterocycles. The number of rotatable bonds is 2. The predicted octanol–water partition coefficient (Wildman–Crippen LogP) is 0.956. The predicted molar refractivity (Wildman–Crippen MR) is 41.4 cm³/mol. The van der Waals surface area contributed by atoms with Gasteiger partial charge in [-0.2, -0.15) is 0 Å². The van der Waals surface area contributed by atoms with Crippen molar-refractivity contribution in [2.75, 3.05) is 6.54 Å². The van der Waals surface area contributed by atoms with Crippen LogP contribution in [0.2, 0.25) is 0 Å². The van der Waals surface area contributed by atoms with Crippen molar-refractivity contribution in [3.8, 4) is 0 Å². The molecule has 0 aromatic rings. The molecule has 0 heterocycles. The van der Waals surface area contributed by atoms with Crippen LogP contribution in [0.4, 0.5) is 0 Å². The molecule has 0 fully saturated rings. The summed E-state index contributed by atoms with van der Waals surface area (Å²) in [6.07, 6.45) is 1.66. The van der Waals surface area contributed by atoms with E-state index in [1.807, 2.05) is 6.92 Å². The Balaban J connectivity index is 3.74. The summed E-state index contributed by atoms with van der Waals surface area (Å²) in [7, 11) is 0. The van der Waals surface area contributed by atoms with Gasteiger partial charge in [0.25, 0.3) is 5.91 Å². The van der Waals surface area contributed by atoms with Crippen LogP contribution in [-0.4, -0.2) is 12.5 Å². The third-order valence-electron chi connectivity index (χ3n) is 0.843. The lowest BCUT2D eigenvalue weighted by atomic mass is 10.5. The first-order valence-corrected chi connectivity index (χ1v) is 3.30. The molecule has 0 spiro atoms. The van der Waals surface area contributed by atoms with Gasteiger partial charge in [-0.3, -0.25) is 4.79 Å². The molecule has 0 aliphatic heterocycles. The number of nitrogens with one attached hydrogen (secondary N) is 1. The molecule has 52 valence electrons. The fourth-order valence-corrected chi connectivity index (χ4v) is 0.461. The van der Waals surface area contributed by atoms with E-state index in [0.29, 0.717) is 11.4 Å². The maximum atomic E-state index is 10.7. The molecule has 3 heteroatoms. The summed E-state index contributed by atoms with van der Waals surface area (Å²) in [5, 5.41) is 2.61. The number of carbonyl (C=O) groups is 1. The van der Waals surface area contributed by atoms with Gasteiger partial charge in [0.2, 0.25) is 0 Å². The van der Waals surface area contributed by atoms with Crippen molar-refractivity contribution >= 4 is 18.5 Å². The van der Waals surface area contributed by atoms with Crippen LogP contribution in [-0.2, 0) is 4.79 Å². The van der Waals surface area contributed by atoms with Gasteiger partial charge in [-0.05, 0) is 13.8 Å². The van der Waals surface area contributed by atoms with Gasteiger partial charge in [0.1, 0.15) is 0 Å². The fourth-order valence-electron chi connectivity index (χ4n) is 0.382. The van der Waals surface area contributed by atoms with Gasteiger partial charge in [0, 0.05) is 6.54 Å². The van der Waals surface area contributed by atoms with Crippen molar-refractivity contribution < 1.29 is 4.79 Å². The molecule has 9 heavy (non-hydrogen) atoms. The van der Waals surface area contributed by atoms with Gasteiger partial charge in [0.05, 0.1) is 4.91 Å². The van der Waals surface area contributed by atoms with Crippen LogP contribution in [0.25, 0.3) is 0 Å². The normalized spacial score (nSPS) is 11.2. The summed E-state index contributed by atoms with van der Waals surface area (Å²) >= 11 is 3.91. The number of likely N-dealkylation sites (N-methyl/N-ethyl adjacent to an activating group) is 1. The van der Waals surface area contributed by atoms with E-state index in [2.05, 4.69) is 17.9 Å². The highest BCUT2D eigenvalue weighted by atomic mass is 32.1. The topological polar surface area (TPSA) is 29.1 Å². The Labute approximate surface area is 60.7 Å². The third-order valence-corrected chi connectivity index (χ3v) is 1.30. The number of hydrogen-bond acceptors (Lipinski definition) is 2.